The van der Waals surface area contributed by atoms with E-state index >= 15 is 0 Å². The summed E-state index contributed by atoms with van der Waals surface area (Å²) in [5.74, 6) is 0. The van der Waals surface area contributed by atoms with E-state index in [2.05, 4.69) is 15.1 Å². The number of aromatic nitrogens is 2. The Morgan fingerprint density at radius 3 is 2.55 bits per heavy atom. The number of nitrogens with two attached hydrogens (primary N) is 1. The fraction of sp³-hybridized carbons (Fsp3) is 0.667. The number of piperazine rings is 1. The van der Waals surface area contributed by atoms with Gasteiger partial charge in [0.2, 0.25) is 0 Å². The molecule has 1 saturated carbocycles. The van der Waals surface area contributed by atoms with Crippen LogP contribution in [-0.4, -0.2) is 52.0 Å². The molecule has 120 valence electrons. The van der Waals surface area contributed by atoms with Gasteiger partial charge >= 0.3 is 6.09 Å². The molecule has 7 nitrogen and oxygen atoms in total. The van der Waals surface area contributed by atoms with Gasteiger partial charge in [0, 0.05) is 19.6 Å². The fourth-order valence-electron chi connectivity index (χ4n) is 2.95. The summed E-state index contributed by atoms with van der Waals surface area (Å²) in [6.45, 7) is 7.80. The number of rotatable bonds is 1. The lowest BCUT2D eigenvalue weighted by molar-refractivity contribution is 0.0107. The Kier molecular flexibility index (Phi) is 3.38. The first-order valence-electron chi connectivity index (χ1n) is 7.62. The molecule has 1 aromatic heterocycles. The van der Waals surface area contributed by atoms with Crippen LogP contribution in [0.1, 0.15) is 33.6 Å². The lowest BCUT2D eigenvalue weighted by Crippen LogP contribution is -2.58. The van der Waals surface area contributed by atoms with E-state index in [0.717, 1.165) is 31.6 Å². The minimum absolute atomic E-state index is 0.115. The van der Waals surface area contributed by atoms with Gasteiger partial charge in [-0.2, -0.15) is 10.2 Å². The number of ether oxygens (including phenoxy) is 1. The molecule has 0 bridgehead atoms. The van der Waals surface area contributed by atoms with Crippen molar-refractivity contribution in [1.29, 1.82) is 0 Å². The van der Waals surface area contributed by atoms with Crippen molar-refractivity contribution in [3.63, 3.8) is 0 Å². The molecule has 2 N–H and O–H groups in total. The second-order valence-corrected chi connectivity index (χ2v) is 7.11. The Bertz CT molecular complexity index is 580. The van der Waals surface area contributed by atoms with E-state index in [1.54, 1.807) is 12.4 Å². The van der Waals surface area contributed by atoms with Gasteiger partial charge in [-0.25, -0.2) is 4.79 Å². The number of anilines is 2. The Morgan fingerprint density at radius 2 is 1.95 bits per heavy atom. The Hall–Kier alpha value is -2.05. The third kappa shape index (κ3) is 2.80. The van der Waals surface area contributed by atoms with Gasteiger partial charge < -0.3 is 15.4 Å². The molecule has 0 aromatic carbocycles. The predicted octanol–water partition coefficient (Wildman–Crippen LogP) is 1.65. The molecular formula is C15H23N5O2. The minimum Gasteiger partial charge on any atom is -0.444 e. The third-order valence-electron chi connectivity index (χ3n) is 4.17. The highest BCUT2D eigenvalue weighted by molar-refractivity contribution is 5.72. The van der Waals surface area contributed by atoms with E-state index < -0.39 is 5.60 Å². The second-order valence-electron chi connectivity index (χ2n) is 7.11. The van der Waals surface area contributed by atoms with Gasteiger partial charge in [-0.15, -0.1) is 0 Å². The summed E-state index contributed by atoms with van der Waals surface area (Å²) in [4.78, 5) is 16.5. The summed E-state index contributed by atoms with van der Waals surface area (Å²) in [7, 11) is 0. The van der Waals surface area contributed by atoms with Crippen LogP contribution in [0.2, 0.25) is 0 Å². The maximum absolute atomic E-state index is 12.4. The van der Waals surface area contributed by atoms with Gasteiger partial charge in [0.15, 0.2) is 0 Å². The molecule has 2 fully saturated rings. The first kappa shape index (κ1) is 14.9. The Labute approximate surface area is 130 Å². The van der Waals surface area contributed by atoms with Gasteiger partial charge in [0.05, 0.1) is 29.3 Å². The molecule has 7 heteroatoms. The van der Waals surface area contributed by atoms with Crippen molar-refractivity contribution in [2.24, 2.45) is 0 Å². The molecule has 1 aliphatic carbocycles. The van der Waals surface area contributed by atoms with Crippen LogP contribution in [0.25, 0.3) is 0 Å². The highest BCUT2D eigenvalue weighted by atomic mass is 16.6. The number of hydrogen-bond donors (Lipinski definition) is 1. The van der Waals surface area contributed by atoms with Crippen molar-refractivity contribution in [1.82, 2.24) is 15.1 Å². The molecule has 1 saturated heterocycles. The normalized spacial score (nSPS) is 20.1. The summed E-state index contributed by atoms with van der Waals surface area (Å²) < 4.78 is 5.54. The second kappa shape index (κ2) is 5.00. The molecular weight excluding hydrogens is 282 g/mol. The number of amides is 1. The number of nitrogens with zero attached hydrogens (tertiary/aromatic N) is 4. The average molecular weight is 305 g/mol. The summed E-state index contributed by atoms with van der Waals surface area (Å²) in [6.07, 6.45) is 5.04. The lowest BCUT2D eigenvalue weighted by atomic mass is 10.1. The van der Waals surface area contributed by atoms with Gasteiger partial charge in [-0.05, 0) is 33.6 Å². The van der Waals surface area contributed by atoms with E-state index in [0.29, 0.717) is 12.2 Å². The molecule has 1 aliphatic heterocycles. The zero-order valence-corrected chi connectivity index (χ0v) is 13.4. The maximum Gasteiger partial charge on any atom is 0.410 e. The van der Waals surface area contributed by atoms with Gasteiger partial charge in [-0.1, -0.05) is 0 Å². The molecule has 0 unspecified atom stereocenters. The first-order chi connectivity index (χ1) is 10.3. The van der Waals surface area contributed by atoms with E-state index in [1.807, 2.05) is 25.7 Å². The SMILES string of the molecule is CC(C)(C)OC(=O)N1CCN(c2cnncc2N)CC12CC2. The molecule has 0 radical (unpaired) electrons. The molecule has 0 atom stereocenters. The molecule has 22 heavy (non-hydrogen) atoms. The zero-order chi connectivity index (χ0) is 16.0. The smallest absolute Gasteiger partial charge is 0.410 e. The van der Waals surface area contributed by atoms with Gasteiger partial charge in [0.25, 0.3) is 0 Å². The van der Waals surface area contributed by atoms with Crippen LogP contribution in [0.15, 0.2) is 12.4 Å². The zero-order valence-electron chi connectivity index (χ0n) is 13.4. The predicted molar refractivity (Wildman–Crippen MR) is 83.6 cm³/mol. The van der Waals surface area contributed by atoms with Crippen LogP contribution in [-0.2, 0) is 4.74 Å². The molecule has 2 aliphatic rings. The monoisotopic (exact) mass is 305 g/mol. The third-order valence-corrected chi connectivity index (χ3v) is 4.17. The molecule has 1 spiro atoms. The Morgan fingerprint density at radius 1 is 1.27 bits per heavy atom. The maximum atomic E-state index is 12.4. The molecule has 3 rings (SSSR count). The summed E-state index contributed by atoms with van der Waals surface area (Å²) in [5, 5.41) is 7.70. The highest BCUT2D eigenvalue weighted by Crippen LogP contribution is 2.46. The van der Waals surface area contributed by atoms with Gasteiger partial charge in [0.1, 0.15) is 5.60 Å². The van der Waals surface area contributed by atoms with E-state index in [4.69, 9.17) is 10.5 Å². The number of carbonyl (C=O) groups excluding carboxylic acids is 1. The highest BCUT2D eigenvalue weighted by Gasteiger charge is 2.54. The van der Waals surface area contributed by atoms with E-state index in [1.165, 1.54) is 0 Å². The van der Waals surface area contributed by atoms with Crippen molar-refractivity contribution in [3.8, 4) is 0 Å². The van der Waals surface area contributed by atoms with Crippen LogP contribution < -0.4 is 10.6 Å². The van der Waals surface area contributed by atoms with Crippen molar-refractivity contribution >= 4 is 17.5 Å². The standard InChI is InChI=1S/C15H23N5O2/c1-14(2,3)22-13(21)20-7-6-19(10-15(20)4-5-15)12-9-18-17-8-11(12)16/h8-9H,4-7,10H2,1-3H3,(H2,16,18). The summed E-state index contributed by atoms with van der Waals surface area (Å²) in [5.41, 5.74) is 6.92. The molecule has 2 heterocycles. The van der Waals surface area contributed by atoms with Gasteiger partial charge in [-0.3, -0.25) is 4.90 Å². The van der Waals surface area contributed by atoms with Crippen molar-refractivity contribution in [2.75, 3.05) is 30.3 Å². The summed E-state index contributed by atoms with van der Waals surface area (Å²) >= 11 is 0. The average Bonchev–Trinajstić information content (AvgIpc) is 3.17. The van der Waals surface area contributed by atoms with Crippen LogP contribution in [0, 0.1) is 0 Å². The fourth-order valence-corrected chi connectivity index (χ4v) is 2.95. The van der Waals surface area contributed by atoms with E-state index in [9.17, 15) is 4.79 Å². The first-order valence-corrected chi connectivity index (χ1v) is 7.62. The summed E-state index contributed by atoms with van der Waals surface area (Å²) in [6, 6.07) is 0. The van der Waals surface area contributed by atoms with Crippen LogP contribution in [0.3, 0.4) is 0 Å². The molecule has 1 amide bonds. The van der Waals surface area contributed by atoms with Crippen LogP contribution >= 0.6 is 0 Å². The largest absolute Gasteiger partial charge is 0.444 e. The Balaban J connectivity index is 1.74. The number of hydrogen-bond acceptors (Lipinski definition) is 6. The van der Waals surface area contributed by atoms with Crippen molar-refractivity contribution in [2.45, 2.75) is 44.8 Å². The van der Waals surface area contributed by atoms with Crippen molar-refractivity contribution < 1.29 is 9.53 Å². The van der Waals surface area contributed by atoms with Crippen molar-refractivity contribution in [3.05, 3.63) is 12.4 Å². The van der Waals surface area contributed by atoms with E-state index in [-0.39, 0.29) is 11.6 Å². The molecule has 1 aromatic rings. The number of carbonyl (C=O) groups is 1. The number of nitrogen functional groups attached to an aromatic ring is 1. The minimum atomic E-state index is -0.469. The lowest BCUT2D eigenvalue weighted by Gasteiger charge is -2.43. The van der Waals surface area contributed by atoms with Crippen LogP contribution in [0.4, 0.5) is 16.2 Å². The van der Waals surface area contributed by atoms with Crippen LogP contribution in [0.5, 0.6) is 0 Å². The quantitative estimate of drug-likeness (QED) is 0.849. The topological polar surface area (TPSA) is 84.6 Å².